The van der Waals surface area contributed by atoms with Crippen LogP contribution in [0.4, 0.5) is 0 Å². The highest BCUT2D eigenvalue weighted by Crippen LogP contribution is 2.46. The second-order valence-corrected chi connectivity index (χ2v) is 4.60. The zero-order valence-electron chi connectivity index (χ0n) is 7.99. The fourth-order valence-electron chi connectivity index (χ4n) is 2.10. The van der Waals surface area contributed by atoms with E-state index in [0.717, 1.165) is 12.0 Å². The van der Waals surface area contributed by atoms with Gasteiger partial charge in [-0.3, -0.25) is 4.79 Å². The van der Waals surface area contributed by atoms with Crippen molar-refractivity contribution < 1.29 is 9.90 Å². The van der Waals surface area contributed by atoms with Crippen LogP contribution in [0.1, 0.15) is 17.5 Å². The number of thioether (sulfide) groups is 1. The van der Waals surface area contributed by atoms with Gasteiger partial charge in [-0.1, -0.05) is 24.3 Å². The second kappa shape index (κ2) is 3.31. The van der Waals surface area contributed by atoms with Gasteiger partial charge in [0.15, 0.2) is 0 Å². The largest absolute Gasteiger partial charge is 0.480 e. The summed E-state index contributed by atoms with van der Waals surface area (Å²) in [5, 5.41) is 9.29. The average molecular weight is 208 g/mol. The third kappa shape index (κ3) is 1.16. The van der Waals surface area contributed by atoms with E-state index in [1.54, 1.807) is 0 Å². The Morgan fingerprint density at radius 1 is 1.50 bits per heavy atom. The molecule has 0 saturated carbocycles. The van der Waals surface area contributed by atoms with E-state index in [1.165, 1.54) is 17.3 Å². The van der Waals surface area contributed by atoms with E-state index >= 15 is 0 Å². The fraction of sp³-hybridized carbons (Fsp3) is 0.364. The first kappa shape index (κ1) is 9.59. The number of hydrogen-bond acceptors (Lipinski definition) is 2. The molecule has 0 bridgehead atoms. The predicted octanol–water partition coefficient (Wildman–Crippen LogP) is 2.28. The Kier molecular flexibility index (Phi) is 2.27. The van der Waals surface area contributed by atoms with E-state index in [1.807, 2.05) is 30.5 Å². The summed E-state index contributed by atoms with van der Waals surface area (Å²) in [6.45, 7) is 0. The Hall–Kier alpha value is -0.960. The molecule has 0 amide bonds. The lowest BCUT2D eigenvalue weighted by atomic mass is 10.0. The van der Waals surface area contributed by atoms with E-state index in [-0.39, 0.29) is 0 Å². The molecular formula is C11H12O2S. The fourth-order valence-corrected chi connectivity index (χ4v) is 3.00. The molecule has 0 aliphatic heterocycles. The van der Waals surface area contributed by atoms with E-state index in [0.29, 0.717) is 6.42 Å². The van der Waals surface area contributed by atoms with Gasteiger partial charge >= 0.3 is 5.97 Å². The van der Waals surface area contributed by atoms with Crippen LogP contribution in [0.15, 0.2) is 24.3 Å². The van der Waals surface area contributed by atoms with Crippen LogP contribution >= 0.6 is 11.8 Å². The van der Waals surface area contributed by atoms with Crippen LogP contribution in [0, 0.1) is 0 Å². The molecule has 1 aliphatic carbocycles. The van der Waals surface area contributed by atoms with Gasteiger partial charge in [-0.15, -0.1) is 11.8 Å². The lowest BCUT2D eigenvalue weighted by molar-refractivity contribution is -0.140. The van der Waals surface area contributed by atoms with Gasteiger partial charge < -0.3 is 5.11 Å². The quantitative estimate of drug-likeness (QED) is 0.810. The molecule has 1 aromatic carbocycles. The highest BCUT2D eigenvalue weighted by molar-refractivity contribution is 8.00. The highest BCUT2D eigenvalue weighted by atomic mass is 32.2. The zero-order valence-corrected chi connectivity index (χ0v) is 8.80. The molecule has 2 rings (SSSR count). The van der Waals surface area contributed by atoms with E-state index < -0.39 is 10.7 Å². The summed E-state index contributed by atoms with van der Waals surface area (Å²) in [6.07, 6.45) is 3.46. The summed E-state index contributed by atoms with van der Waals surface area (Å²) >= 11 is 1.43. The van der Waals surface area contributed by atoms with Crippen LogP contribution in [0.25, 0.3) is 0 Å². The Labute approximate surface area is 87.3 Å². The van der Waals surface area contributed by atoms with Crippen molar-refractivity contribution in [1.82, 2.24) is 0 Å². The topological polar surface area (TPSA) is 37.3 Å². The van der Waals surface area contributed by atoms with Crippen LogP contribution in [0.2, 0.25) is 0 Å². The van der Waals surface area contributed by atoms with Crippen LogP contribution in [-0.2, 0) is 16.0 Å². The zero-order chi connectivity index (χ0) is 10.2. The van der Waals surface area contributed by atoms with E-state index in [9.17, 15) is 9.90 Å². The molecule has 1 aliphatic rings. The minimum absolute atomic E-state index is 0.698. The SMILES string of the molecule is CSC1(C(=O)O)CCc2ccccc21. The molecule has 2 nitrogen and oxygen atoms in total. The first-order chi connectivity index (χ1) is 6.70. The monoisotopic (exact) mass is 208 g/mol. The molecule has 0 fully saturated rings. The van der Waals surface area contributed by atoms with E-state index in [4.69, 9.17) is 0 Å². The summed E-state index contributed by atoms with van der Waals surface area (Å²) < 4.78 is -0.698. The Morgan fingerprint density at radius 2 is 2.21 bits per heavy atom. The molecular weight excluding hydrogens is 196 g/mol. The number of rotatable bonds is 2. The van der Waals surface area contributed by atoms with Gasteiger partial charge in [0.2, 0.25) is 0 Å². The molecule has 74 valence electrons. The Balaban J connectivity index is 2.55. The maximum atomic E-state index is 11.3. The molecule has 0 radical (unpaired) electrons. The number of fused-ring (bicyclic) bond motifs is 1. The summed E-state index contributed by atoms with van der Waals surface area (Å²) in [6, 6.07) is 7.85. The first-order valence-electron chi connectivity index (χ1n) is 4.57. The van der Waals surface area contributed by atoms with Crippen molar-refractivity contribution in [3.63, 3.8) is 0 Å². The molecule has 1 N–H and O–H groups in total. The highest BCUT2D eigenvalue weighted by Gasteiger charge is 2.44. The minimum Gasteiger partial charge on any atom is -0.480 e. The number of aliphatic carboxylic acids is 1. The molecule has 1 aromatic rings. The van der Waals surface area contributed by atoms with Gasteiger partial charge in [0, 0.05) is 0 Å². The third-order valence-corrected chi connectivity index (χ3v) is 4.19. The maximum absolute atomic E-state index is 11.3. The number of carboxylic acids is 1. The second-order valence-electron chi connectivity index (χ2n) is 3.49. The van der Waals surface area contributed by atoms with Crippen molar-refractivity contribution in [2.45, 2.75) is 17.6 Å². The number of benzene rings is 1. The first-order valence-corrected chi connectivity index (χ1v) is 5.80. The summed E-state index contributed by atoms with van der Waals surface area (Å²) in [5.74, 6) is -0.713. The van der Waals surface area contributed by atoms with Crippen molar-refractivity contribution in [3.8, 4) is 0 Å². The van der Waals surface area contributed by atoms with Gasteiger partial charge in [-0.25, -0.2) is 0 Å². The van der Waals surface area contributed by atoms with Crippen molar-refractivity contribution in [1.29, 1.82) is 0 Å². The summed E-state index contributed by atoms with van der Waals surface area (Å²) in [7, 11) is 0. The number of carbonyl (C=O) groups is 1. The van der Waals surface area contributed by atoms with Gasteiger partial charge in [0.25, 0.3) is 0 Å². The maximum Gasteiger partial charge on any atom is 0.324 e. The van der Waals surface area contributed by atoms with Gasteiger partial charge in [0.1, 0.15) is 4.75 Å². The van der Waals surface area contributed by atoms with Crippen LogP contribution in [-0.4, -0.2) is 17.3 Å². The molecule has 1 unspecified atom stereocenters. The number of hydrogen-bond donors (Lipinski definition) is 1. The lowest BCUT2D eigenvalue weighted by Crippen LogP contribution is -2.29. The van der Waals surface area contributed by atoms with Crippen molar-refractivity contribution in [2.75, 3.05) is 6.26 Å². The summed E-state index contributed by atoms with van der Waals surface area (Å²) in [4.78, 5) is 11.3. The molecule has 1 atom stereocenters. The molecule has 0 aromatic heterocycles. The van der Waals surface area contributed by atoms with Crippen molar-refractivity contribution in [2.24, 2.45) is 0 Å². The van der Waals surface area contributed by atoms with Crippen LogP contribution in [0.5, 0.6) is 0 Å². The number of aryl methyl sites for hydroxylation is 1. The standard InChI is InChI=1S/C11H12O2S/c1-14-11(10(12)13)7-6-8-4-2-3-5-9(8)11/h2-5H,6-7H2,1H3,(H,12,13). The average Bonchev–Trinajstić information content (AvgIpc) is 2.57. The van der Waals surface area contributed by atoms with Crippen molar-refractivity contribution >= 4 is 17.7 Å². The Morgan fingerprint density at radius 3 is 2.86 bits per heavy atom. The molecule has 14 heavy (non-hydrogen) atoms. The van der Waals surface area contributed by atoms with Crippen LogP contribution in [0.3, 0.4) is 0 Å². The minimum atomic E-state index is -0.713. The van der Waals surface area contributed by atoms with Gasteiger partial charge in [-0.2, -0.15) is 0 Å². The third-order valence-electron chi connectivity index (χ3n) is 2.89. The van der Waals surface area contributed by atoms with Crippen LogP contribution < -0.4 is 0 Å². The van der Waals surface area contributed by atoms with Gasteiger partial charge in [-0.05, 0) is 30.2 Å². The lowest BCUT2D eigenvalue weighted by Gasteiger charge is -2.22. The molecule has 0 heterocycles. The molecule has 0 spiro atoms. The van der Waals surface area contributed by atoms with Crippen molar-refractivity contribution in [3.05, 3.63) is 35.4 Å². The molecule has 0 saturated heterocycles. The molecule has 3 heteroatoms. The smallest absolute Gasteiger partial charge is 0.324 e. The predicted molar refractivity (Wildman–Crippen MR) is 57.6 cm³/mol. The summed E-state index contributed by atoms with van der Waals surface area (Å²) in [5.41, 5.74) is 2.17. The van der Waals surface area contributed by atoms with E-state index in [2.05, 4.69) is 0 Å². The normalized spacial score (nSPS) is 24.6. The Bertz CT molecular complexity index is 375. The number of carboxylic acid groups (broad SMARTS) is 1. The van der Waals surface area contributed by atoms with Gasteiger partial charge in [0.05, 0.1) is 0 Å².